The first-order chi connectivity index (χ1) is 32.4. The fourth-order valence-electron chi connectivity index (χ4n) is 10.6. The highest BCUT2D eigenvalue weighted by Crippen LogP contribution is 2.47. The van der Waals surface area contributed by atoms with Crippen LogP contribution in [-0.4, -0.2) is 0 Å². The molecule has 0 radical (unpaired) electrons. The minimum Gasteiger partial charge on any atom is -0.0616 e. The smallest absolute Gasteiger partial charge is 0.00143 e. The molecule has 0 bridgehead atoms. The first kappa shape index (κ1) is 39.5. The van der Waals surface area contributed by atoms with E-state index in [0.29, 0.717) is 0 Å². The van der Waals surface area contributed by atoms with Crippen LogP contribution >= 0.6 is 0 Å². The standard InChI is InChI=1S/C38H30.C28H18/c1-23-17-33-34(18-24(23)2)38(32-16-14-28-10-6-8-12-30(28)22-32)36-20-26(4)25(3)19-35(36)37(33)31-15-13-27-9-5-7-11-29(27)21-31;1-5-13-23-19(9-1)17-20-10-2-6-14-24(20)27(23)28-25-15-7-3-11-21(25)18-22-12-4-8-16-26(22)28/h5-22H,1-4H3;1-18H. The van der Waals surface area contributed by atoms with E-state index < -0.39 is 0 Å². The van der Waals surface area contributed by atoms with Crippen LogP contribution in [0.5, 0.6) is 0 Å². The highest BCUT2D eigenvalue weighted by molar-refractivity contribution is 6.24. The maximum Gasteiger partial charge on any atom is -0.00143 e. The van der Waals surface area contributed by atoms with E-state index in [9.17, 15) is 0 Å². The van der Waals surface area contributed by atoms with Crippen molar-refractivity contribution in [1.82, 2.24) is 0 Å². The van der Waals surface area contributed by atoms with Gasteiger partial charge in [0.1, 0.15) is 0 Å². The third-order valence-corrected chi connectivity index (χ3v) is 14.2. The van der Waals surface area contributed by atoms with E-state index in [0.717, 1.165) is 0 Å². The van der Waals surface area contributed by atoms with Crippen molar-refractivity contribution in [3.8, 4) is 33.4 Å². The summed E-state index contributed by atoms with van der Waals surface area (Å²) in [5.41, 5.74) is 13.2. The Morgan fingerprint density at radius 3 is 0.742 bits per heavy atom. The Morgan fingerprint density at radius 2 is 0.439 bits per heavy atom. The molecule has 0 spiro atoms. The fourth-order valence-corrected chi connectivity index (χ4v) is 10.6. The largest absolute Gasteiger partial charge is 0.0616 e. The number of aryl methyl sites for hydroxylation is 4. The highest BCUT2D eigenvalue weighted by atomic mass is 14.2. The fraction of sp³-hybridized carbons (Fsp3) is 0.0606. The average molecular weight is 841 g/mol. The molecule has 13 aromatic carbocycles. The van der Waals surface area contributed by atoms with E-state index in [2.05, 4.69) is 246 Å². The molecule has 0 heteroatoms. The van der Waals surface area contributed by atoms with Crippen LogP contribution in [0.15, 0.2) is 218 Å². The molecule has 0 N–H and O–H groups in total. The SMILES string of the molecule is Cc1cc2c(-c3ccc4ccccc4c3)c3cc(C)c(C)cc3c(-c3ccc4ccccc4c3)c2cc1C.c1ccc2c(-c3c4ccccc4cc4ccccc34)c3ccccc3cc2c1. The maximum atomic E-state index is 2.41. The van der Waals surface area contributed by atoms with E-state index in [1.165, 1.54) is 142 Å². The molecule has 0 aliphatic heterocycles. The number of benzene rings is 13. The van der Waals surface area contributed by atoms with Gasteiger partial charge in [0.2, 0.25) is 0 Å². The van der Waals surface area contributed by atoms with Gasteiger partial charge in [-0.2, -0.15) is 0 Å². The van der Waals surface area contributed by atoms with Crippen LogP contribution in [0.1, 0.15) is 22.3 Å². The second kappa shape index (κ2) is 15.9. The van der Waals surface area contributed by atoms with Crippen LogP contribution in [0.2, 0.25) is 0 Å². The summed E-state index contributed by atoms with van der Waals surface area (Å²) >= 11 is 0. The molecular weight excluding hydrogens is 793 g/mol. The summed E-state index contributed by atoms with van der Waals surface area (Å²) in [6.07, 6.45) is 0. The van der Waals surface area contributed by atoms with E-state index in [4.69, 9.17) is 0 Å². The Labute approximate surface area is 386 Å². The molecule has 0 aliphatic carbocycles. The van der Waals surface area contributed by atoms with Crippen molar-refractivity contribution in [3.05, 3.63) is 241 Å². The summed E-state index contributed by atoms with van der Waals surface area (Å²) in [6, 6.07) is 80.5. The van der Waals surface area contributed by atoms with E-state index in [1.807, 2.05) is 0 Å². The first-order valence-corrected chi connectivity index (χ1v) is 23.2. The van der Waals surface area contributed by atoms with Crippen LogP contribution in [0, 0.1) is 27.7 Å². The predicted octanol–water partition coefficient (Wildman–Crippen LogP) is 18.8. The van der Waals surface area contributed by atoms with Gasteiger partial charge in [0.05, 0.1) is 0 Å². The number of fused-ring (bicyclic) bond motifs is 8. The molecule has 0 saturated heterocycles. The summed E-state index contributed by atoms with van der Waals surface area (Å²) in [7, 11) is 0. The van der Waals surface area contributed by atoms with Gasteiger partial charge in [-0.25, -0.2) is 0 Å². The van der Waals surface area contributed by atoms with Crippen molar-refractivity contribution < 1.29 is 0 Å². The first-order valence-electron chi connectivity index (χ1n) is 23.2. The molecule has 66 heavy (non-hydrogen) atoms. The molecule has 13 aromatic rings. The third kappa shape index (κ3) is 6.60. The molecule has 0 aliphatic rings. The lowest BCUT2D eigenvalue weighted by molar-refractivity contribution is 1.36. The summed E-state index contributed by atoms with van der Waals surface area (Å²) in [5.74, 6) is 0. The number of hydrogen-bond acceptors (Lipinski definition) is 0. The van der Waals surface area contributed by atoms with E-state index >= 15 is 0 Å². The number of rotatable bonds is 3. The van der Waals surface area contributed by atoms with Crippen LogP contribution in [0.4, 0.5) is 0 Å². The second-order valence-electron chi connectivity index (χ2n) is 18.2. The molecule has 312 valence electrons. The Balaban J connectivity index is 0.000000145. The lowest BCUT2D eigenvalue weighted by atomic mass is 9.83. The zero-order chi connectivity index (χ0) is 44.5. The minimum atomic E-state index is 1.27. The lowest BCUT2D eigenvalue weighted by Crippen LogP contribution is -1.95. The molecular formula is C66H48. The van der Waals surface area contributed by atoms with Crippen LogP contribution in [0.3, 0.4) is 0 Å². The highest BCUT2D eigenvalue weighted by Gasteiger charge is 2.20. The summed E-state index contributed by atoms with van der Waals surface area (Å²) in [5, 5.41) is 20.8. The molecule has 0 saturated carbocycles. The van der Waals surface area contributed by atoms with Crippen molar-refractivity contribution in [3.63, 3.8) is 0 Å². The van der Waals surface area contributed by atoms with Gasteiger partial charge in [0, 0.05) is 0 Å². The minimum absolute atomic E-state index is 1.27. The quantitative estimate of drug-likeness (QED) is 0.156. The topological polar surface area (TPSA) is 0 Å². The van der Waals surface area contributed by atoms with Gasteiger partial charge < -0.3 is 0 Å². The van der Waals surface area contributed by atoms with Crippen molar-refractivity contribution >= 4 is 86.2 Å². The predicted molar refractivity (Wildman–Crippen MR) is 288 cm³/mol. The Morgan fingerprint density at radius 1 is 0.182 bits per heavy atom. The Bertz CT molecular complexity index is 3650. The Hall–Kier alpha value is -8.06. The van der Waals surface area contributed by atoms with Gasteiger partial charge in [0.15, 0.2) is 0 Å². The van der Waals surface area contributed by atoms with Gasteiger partial charge in [-0.05, 0) is 194 Å². The van der Waals surface area contributed by atoms with E-state index in [1.54, 1.807) is 0 Å². The zero-order valence-corrected chi connectivity index (χ0v) is 37.8. The summed E-state index contributed by atoms with van der Waals surface area (Å²) in [6.45, 7) is 8.94. The van der Waals surface area contributed by atoms with Crippen LogP contribution in [-0.2, 0) is 0 Å². The van der Waals surface area contributed by atoms with Gasteiger partial charge in [0.25, 0.3) is 0 Å². The molecule has 0 atom stereocenters. The van der Waals surface area contributed by atoms with Gasteiger partial charge in [-0.1, -0.05) is 194 Å². The van der Waals surface area contributed by atoms with Crippen molar-refractivity contribution in [2.75, 3.05) is 0 Å². The van der Waals surface area contributed by atoms with Gasteiger partial charge in [-0.15, -0.1) is 0 Å². The van der Waals surface area contributed by atoms with Crippen LogP contribution in [0.25, 0.3) is 120 Å². The molecule has 0 amide bonds. The van der Waals surface area contributed by atoms with Crippen LogP contribution < -0.4 is 0 Å². The lowest BCUT2D eigenvalue weighted by Gasteiger charge is -2.21. The molecule has 0 fully saturated rings. The molecule has 0 heterocycles. The van der Waals surface area contributed by atoms with Crippen molar-refractivity contribution in [1.29, 1.82) is 0 Å². The molecule has 0 nitrogen and oxygen atoms in total. The summed E-state index contributed by atoms with van der Waals surface area (Å²) in [4.78, 5) is 0. The summed E-state index contributed by atoms with van der Waals surface area (Å²) < 4.78 is 0. The molecule has 0 unspecified atom stereocenters. The second-order valence-corrected chi connectivity index (χ2v) is 18.2. The normalized spacial score (nSPS) is 11.6. The molecule has 0 aromatic heterocycles. The number of hydrogen-bond donors (Lipinski definition) is 0. The van der Waals surface area contributed by atoms with Gasteiger partial charge in [-0.3, -0.25) is 0 Å². The maximum absolute atomic E-state index is 2.41. The van der Waals surface area contributed by atoms with Gasteiger partial charge >= 0.3 is 0 Å². The average Bonchev–Trinajstić information content (AvgIpc) is 3.35. The zero-order valence-electron chi connectivity index (χ0n) is 37.8. The van der Waals surface area contributed by atoms with E-state index in [-0.39, 0.29) is 0 Å². The van der Waals surface area contributed by atoms with Crippen molar-refractivity contribution in [2.24, 2.45) is 0 Å². The molecule has 13 rings (SSSR count). The third-order valence-electron chi connectivity index (χ3n) is 14.2. The van der Waals surface area contributed by atoms with Crippen molar-refractivity contribution in [2.45, 2.75) is 27.7 Å². The Kier molecular flexibility index (Phi) is 9.51. The monoisotopic (exact) mass is 840 g/mol.